The van der Waals surface area contributed by atoms with Crippen molar-refractivity contribution in [3.05, 3.63) is 96.3 Å². The Bertz CT molecular complexity index is 1090. The Hall–Kier alpha value is -2.99. The van der Waals surface area contributed by atoms with Crippen molar-refractivity contribution in [3.63, 3.8) is 0 Å². The molecule has 0 aliphatic heterocycles. The minimum atomic E-state index is 0. The molecule has 0 amide bonds. The van der Waals surface area contributed by atoms with Crippen LogP contribution in [0.15, 0.2) is 89.5 Å². The zero-order valence-electron chi connectivity index (χ0n) is 15.8. The summed E-state index contributed by atoms with van der Waals surface area (Å²) in [6.07, 6.45) is 1.84. The summed E-state index contributed by atoms with van der Waals surface area (Å²) in [5.74, 6) is 6.52. The Morgan fingerprint density at radius 1 is 0.821 bits per heavy atom. The molecule has 2 nitrogen and oxygen atoms in total. The molecule has 4 aromatic rings. The SMILES string of the molecule is CN(CC#Cc1ccc(-c2ccccc2)cc1)Cc1coc2ccccc12.Cl. The van der Waals surface area contributed by atoms with Crippen LogP contribution in [0.25, 0.3) is 22.1 Å². The lowest BCUT2D eigenvalue weighted by molar-refractivity contribution is 0.368. The smallest absolute Gasteiger partial charge is 0.134 e. The second-order valence-corrected chi connectivity index (χ2v) is 6.67. The highest BCUT2D eigenvalue weighted by molar-refractivity contribution is 5.85. The van der Waals surface area contributed by atoms with Gasteiger partial charge in [0.05, 0.1) is 12.8 Å². The molecule has 3 heteroatoms. The van der Waals surface area contributed by atoms with Gasteiger partial charge in [0.2, 0.25) is 0 Å². The third-order valence-electron chi connectivity index (χ3n) is 4.58. The van der Waals surface area contributed by atoms with Crippen LogP contribution < -0.4 is 0 Å². The molecule has 1 aromatic heterocycles. The Kier molecular flexibility index (Phi) is 6.55. The second kappa shape index (κ2) is 9.28. The van der Waals surface area contributed by atoms with Gasteiger partial charge in [0, 0.05) is 23.1 Å². The largest absolute Gasteiger partial charge is 0.464 e. The summed E-state index contributed by atoms with van der Waals surface area (Å²) in [5.41, 5.74) is 5.61. The molecular formula is C25H22ClNO. The summed E-state index contributed by atoms with van der Waals surface area (Å²) in [4.78, 5) is 2.20. The van der Waals surface area contributed by atoms with Gasteiger partial charge < -0.3 is 4.42 Å². The van der Waals surface area contributed by atoms with Crippen molar-refractivity contribution >= 4 is 23.4 Å². The van der Waals surface area contributed by atoms with Crippen molar-refractivity contribution in [1.82, 2.24) is 4.90 Å². The van der Waals surface area contributed by atoms with Crippen molar-refractivity contribution in [1.29, 1.82) is 0 Å². The number of hydrogen-bond donors (Lipinski definition) is 0. The third kappa shape index (κ3) is 4.64. The van der Waals surface area contributed by atoms with Crippen LogP contribution in [0.3, 0.4) is 0 Å². The maximum absolute atomic E-state index is 5.61. The predicted molar refractivity (Wildman–Crippen MR) is 119 cm³/mol. The number of nitrogens with zero attached hydrogens (tertiary/aromatic N) is 1. The van der Waals surface area contributed by atoms with Crippen molar-refractivity contribution in [2.75, 3.05) is 13.6 Å². The Morgan fingerprint density at radius 3 is 2.29 bits per heavy atom. The molecule has 0 aliphatic rings. The van der Waals surface area contributed by atoms with Crippen molar-refractivity contribution in [2.45, 2.75) is 6.54 Å². The van der Waals surface area contributed by atoms with E-state index in [0.717, 1.165) is 17.7 Å². The summed E-state index contributed by atoms with van der Waals surface area (Å²) in [6.45, 7) is 1.53. The van der Waals surface area contributed by atoms with E-state index < -0.39 is 0 Å². The van der Waals surface area contributed by atoms with Gasteiger partial charge in [-0.3, -0.25) is 4.90 Å². The van der Waals surface area contributed by atoms with E-state index in [1.165, 1.54) is 22.1 Å². The molecule has 0 saturated carbocycles. The van der Waals surface area contributed by atoms with Crippen molar-refractivity contribution in [3.8, 4) is 23.0 Å². The highest BCUT2D eigenvalue weighted by atomic mass is 35.5. The number of furan rings is 1. The van der Waals surface area contributed by atoms with Gasteiger partial charge in [-0.15, -0.1) is 12.4 Å². The topological polar surface area (TPSA) is 16.4 Å². The Labute approximate surface area is 172 Å². The number of hydrogen-bond acceptors (Lipinski definition) is 2. The average molecular weight is 388 g/mol. The molecular weight excluding hydrogens is 366 g/mol. The molecule has 0 bridgehead atoms. The molecule has 0 saturated heterocycles. The van der Waals surface area contributed by atoms with E-state index in [1.54, 1.807) is 0 Å². The summed E-state index contributed by atoms with van der Waals surface area (Å²) in [5, 5.41) is 1.17. The van der Waals surface area contributed by atoms with Gasteiger partial charge in [0.1, 0.15) is 5.58 Å². The molecule has 1 heterocycles. The number of para-hydroxylation sites is 1. The summed E-state index contributed by atoms with van der Waals surface area (Å²) < 4.78 is 5.61. The number of halogens is 1. The lowest BCUT2D eigenvalue weighted by Gasteiger charge is -2.11. The molecule has 0 spiro atoms. The zero-order valence-corrected chi connectivity index (χ0v) is 16.6. The summed E-state index contributed by atoms with van der Waals surface area (Å²) >= 11 is 0. The quantitative estimate of drug-likeness (QED) is 0.399. The van der Waals surface area contributed by atoms with Crippen LogP contribution in [-0.4, -0.2) is 18.5 Å². The first-order valence-corrected chi connectivity index (χ1v) is 9.07. The van der Waals surface area contributed by atoms with E-state index >= 15 is 0 Å². The molecule has 0 N–H and O–H groups in total. The van der Waals surface area contributed by atoms with Gasteiger partial charge in [-0.05, 0) is 36.4 Å². The molecule has 0 atom stereocenters. The number of fused-ring (bicyclic) bond motifs is 1. The van der Waals surface area contributed by atoms with Crippen LogP contribution in [0.2, 0.25) is 0 Å². The normalized spacial score (nSPS) is 10.4. The monoisotopic (exact) mass is 387 g/mol. The predicted octanol–water partition coefficient (Wildman–Crippen LogP) is 6.01. The molecule has 4 rings (SSSR count). The highest BCUT2D eigenvalue weighted by Gasteiger charge is 2.06. The lowest BCUT2D eigenvalue weighted by atomic mass is 10.0. The van der Waals surface area contributed by atoms with Gasteiger partial charge >= 0.3 is 0 Å². The minimum Gasteiger partial charge on any atom is -0.464 e. The van der Waals surface area contributed by atoms with E-state index in [9.17, 15) is 0 Å². The van der Waals surface area contributed by atoms with Gasteiger partial charge in [-0.2, -0.15) is 0 Å². The van der Waals surface area contributed by atoms with E-state index in [2.05, 4.69) is 78.4 Å². The van der Waals surface area contributed by atoms with Crippen LogP contribution in [-0.2, 0) is 6.54 Å². The van der Waals surface area contributed by atoms with Gasteiger partial charge in [0.25, 0.3) is 0 Å². The van der Waals surface area contributed by atoms with Gasteiger partial charge in [-0.25, -0.2) is 0 Å². The molecule has 0 aliphatic carbocycles. The first-order valence-electron chi connectivity index (χ1n) is 9.07. The van der Waals surface area contributed by atoms with Crippen LogP contribution in [0.4, 0.5) is 0 Å². The first-order chi connectivity index (χ1) is 13.3. The maximum atomic E-state index is 5.61. The fourth-order valence-corrected chi connectivity index (χ4v) is 3.16. The summed E-state index contributed by atoms with van der Waals surface area (Å²) in [6, 6.07) is 26.9. The Morgan fingerprint density at radius 2 is 1.50 bits per heavy atom. The molecule has 0 fully saturated rings. The van der Waals surface area contributed by atoms with Crippen LogP contribution in [0.5, 0.6) is 0 Å². The third-order valence-corrected chi connectivity index (χ3v) is 4.58. The molecule has 3 aromatic carbocycles. The standard InChI is InChI=1S/C25H21NO.ClH/c1-26(18-23-19-27-25-12-6-5-11-24(23)25)17-7-8-20-13-15-22(16-14-20)21-9-3-2-4-10-21;/h2-6,9-16,19H,17-18H2,1H3;1H. The molecule has 28 heavy (non-hydrogen) atoms. The lowest BCUT2D eigenvalue weighted by Crippen LogP contribution is -2.17. The average Bonchev–Trinajstić information content (AvgIpc) is 3.12. The highest BCUT2D eigenvalue weighted by Crippen LogP contribution is 2.21. The first kappa shape index (κ1) is 19.8. The zero-order chi connectivity index (χ0) is 18.5. The fourth-order valence-electron chi connectivity index (χ4n) is 3.16. The van der Waals surface area contributed by atoms with Crippen molar-refractivity contribution in [2.24, 2.45) is 0 Å². The van der Waals surface area contributed by atoms with E-state index in [0.29, 0.717) is 6.54 Å². The summed E-state index contributed by atoms with van der Waals surface area (Å²) in [7, 11) is 2.08. The number of benzene rings is 3. The van der Waals surface area contributed by atoms with Crippen LogP contribution in [0.1, 0.15) is 11.1 Å². The van der Waals surface area contributed by atoms with E-state index in [4.69, 9.17) is 4.42 Å². The number of rotatable bonds is 4. The molecule has 0 radical (unpaired) electrons. The van der Waals surface area contributed by atoms with Crippen LogP contribution >= 0.6 is 12.4 Å². The molecule has 140 valence electrons. The van der Waals surface area contributed by atoms with Gasteiger partial charge in [0.15, 0.2) is 0 Å². The second-order valence-electron chi connectivity index (χ2n) is 6.67. The van der Waals surface area contributed by atoms with E-state index in [1.807, 2.05) is 30.5 Å². The fraction of sp³-hybridized carbons (Fsp3) is 0.120. The van der Waals surface area contributed by atoms with E-state index in [-0.39, 0.29) is 12.4 Å². The van der Waals surface area contributed by atoms with Crippen molar-refractivity contribution < 1.29 is 4.42 Å². The van der Waals surface area contributed by atoms with Gasteiger partial charge in [-0.1, -0.05) is 72.5 Å². The van der Waals surface area contributed by atoms with Crippen LogP contribution in [0, 0.1) is 11.8 Å². The minimum absolute atomic E-state index is 0. The maximum Gasteiger partial charge on any atom is 0.134 e. The Balaban J connectivity index is 0.00000225. The molecule has 0 unspecified atom stereocenters.